The molecule has 9 heteroatoms. The van der Waals surface area contributed by atoms with E-state index >= 15 is 0 Å². The van der Waals surface area contributed by atoms with Crippen molar-refractivity contribution in [2.45, 2.75) is 60.0 Å². The Morgan fingerprint density at radius 1 is 1.08 bits per heavy atom. The Morgan fingerprint density at radius 3 is 2.36 bits per heavy atom. The van der Waals surface area contributed by atoms with Crippen molar-refractivity contribution in [1.29, 1.82) is 0 Å². The fraction of sp³-hybridized carbons (Fsp3) is 0.407. The van der Waals surface area contributed by atoms with E-state index in [1.165, 1.54) is 11.3 Å². The van der Waals surface area contributed by atoms with Crippen LogP contribution in [0, 0.1) is 13.8 Å². The summed E-state index contributed by atoms with van der Waals surface area (Å²) in [6.45, 7) is 11.7. The average molecular weight is 530 g/mol. The Bertz CT molecular complexity index is 1210. The van der Waals surface area contributed by atoms with E-state index in [2.05, 4.69) is 17.1 Å². The molecule has 0 bridgehead atoms. The molecule has 192 valence electrons. The first-order valence-electron chi connectivity index (χ1n) is 11.9. The van der Waals surface area contributed by atoms with Crippen LogP contribution < -0.4 is 9.64 Å². The van der Waals surface area contributed by atoms with Crippen LogP contribution in [0.15, 0.2) is 36.4 Å². The van der Waals surface area contributed by atoms with Crippen molar-refractivity contribution < 1.29 is 19.1 Å². The number of amides is 1. The number of ether oxygens (including phenoxy) is 2. The molecule has 0 aliphatic carbocycles. The van der Waals surface area contributed by atoms with Crippen molar-refractivity contribution in [3.8, 4) is 16.3 Å². The molecule has 3 aromatic rings. The highest BCUT2D eigenvalue weighted by Crippen LogP contribution is 2.35. The molecule has 0 N–H and O–H groups in total. The highest BCUT2D eigenvalue weighted by atomic mass is 35.5. The standard InChI is InChI=1S/C27H32ClN3O4S/c1-7-8-13-31(25(33)20-11-9-10-12-21(20)28)26-30-29-24(36-26)19-14-17(2)23(18(3)15-19)34-16-22(32)35-27(4,5)6/h9-12,14-15H,7-8,13,16H2,1-6H3. The molecule has 2 aromatic carbocycles. The van der Waals surface area contributed by atoms with E-state index in [0.29, 0.717) is 33.0 Å². The monoisotopic (exact) mass is 529 g/mol. The Kier molecular flexibility index (Phi) is 9.08. The van der Waals surface area contributed by atoms with Gasteiger partial charge in [-0.3, -0.25) is 9.69 Å². The molecular weight excluding hydrogens is 498 g/mol. The molecule has 1 heterocycles. The molecule has 7 nitrogen and oxygen atoms in total. The third kappa shape index (κ3) is 7.04. The van der Waals surface area contributed by atoms with Gasteiger partial charge in [0.1, 0.15) is 16.4 Å². The van der Waals surface area contributed by atoms with E-state index < -0.39 is 11.6 Å². The topological polar surface area (TPSA) is 81.6 Å². The smallest absolute Gasteiger partial charge is 0.344 e. The molecule has 0 aliphatic heterocycles. The lowest BCUT2D eigenvalue weighted by atomic mass is 10.1. The summed E-state index contributed by atoms with van der Waals surface area (Å²) in [5.74, 6) is 0.0114. The van der Waals surface area contributed by atoms with Crippen LogP contribution in [0.5, 0.6) is 5.75 Å². The zero-order valence-corrected chi connectivity index (χ0v) is 23.1. The van der Waals surface area contributed by atoms with Crippen molar-refractivity contribution >= 4 is 39.9 Å². The molecule has 0 radical (unpaired) electrons. The fourth-order valence-electron chi connectivity index (χ4n) is 3.63. The number of halogens is 1. The summed E-state index contributed by atoms with van der Waals surface area (Å²) in [7, 11) is 0. The van der Waals surface area contributed by atoms with Gasteiger partial charge in [-0.15, -0.1) is 10.2 Å². The molecule has 1 aromatic heterocycles. The van der Waals surface area contributed by atoms with Gasteiger partial charge < -0.3 is 9.47 Å². The van der Waals surface area contributed by atoms with Crippen LogP contribution in [0.4, 0.5) is 5.13 Å². The third-order valence-electron chi connectivity index (χ3n) is 5.19. The second-order valence-corrected chi connectivity index (χ2v) is 10.9. The summed E-state index contributed by atoms with van der Waals surface area (Å²) in [4.78, 5) is 27.0. The number of hydrogen-bond donors (Lipinski definition) is 0. The van der Waals surface area contributed by atoms with E-state index in [-0.39, 0.29) is 12.5 Å². The number of anilines is 1. The van der Waals surface area contributed by atoms with E-state index in [0.717, 1.165) is 29.5 Å². The zero-order valence-electron chi connectivity index (χ0n) is 21.6. The van der Waals surface area contributed by atoms with E-state index in [4.69, 9.17) is 21.1 Å². The first kappa shape index (κ1) is 27.6. The number of aryl methyl sites for hydroxylation is 2. The van der Waals surface area contributed by atoms with Gasteiger partial charge in [0.05, 0.1) is 10.6 Å². The number of carbonyl (C=O) groups is 2. The van der Waals surface area contributed by atoms with Crippen molar-refractivity contribution in [3.63, 3.8) is 0 Å². The van der Waals surface area contributed by atoms with E-state index in [1.54, 1.807) is 29.2 Å². The molecule has 0 saturated heterocycles. The summed E-state index contributed by atoms with van der Waals surface area (Å²) in [6, 6.07) is 10.9. The number of nitrogens with zero attached hydrogens (tertiary/aromatic N) is 3. The van der Waals surface area contributed by atoms with Gasteiger partial charge >= 0.3 is 5.97 Å². The number of esters is 1. The number of carbonyl (C=O) groups excluding carboxylic acids is 2. The predicted molar refractivity (Wildman–Crippen MR) is 144 cm³/mol. The quantitative estimate of drug-likeness (QED) is 0.289. The first-order valence-corrected chi connectivity index (χ1v) is 13.1. The minimum absolute atomic E-state index is 0.169. The van der Waals surface area contributed by atoms with Gasteiger partial charge in [0.25, 0.3) is 5.91 Å². The SMILES string of the molecule is CCCCN(C(=O)c1ccccc1Cl)c1nnc(-c2cc(C)c(OCC(=O)OC(C)(C)C)c(C)c2)s1. The number of rotatable bonds is 9. The van der Waals surface area contributed by atoms with Crippen LogP contribution in [0.25, 0.3) is 10.6 Å². The predicted octanol–water partition coefficient (Wildman–Crippen LogP) is 6.64. The molecule has 0 unspecified atom stereocenters. The number of unbranched alkanes of at least 4 members (excludes halogenated alkanes) is 1. The fourth-order valence-corrected chi connectivity index (χ4v) is 4.70. The molecule has 0 spiro atoms. The lowest BCUT2D eigenvalue weighted by Gasteiger charge is -2.20. The Balaban J connectivity index is 1.83. The molecule has 0 atom stereocenters. The van der Waals surface area contributed by atoms with Crippen LogP contribution in [-0.2, 0) is 9.53 Å². The van der Waals surface area contributed by atoms with Gasteiger partial charge in [-0.05, 0) is 76.4 Å². The average Bonchev–Trinajstić information content (AvgIpc) is 3.27. The number of benzene rings is 2. The molecule has 0 saturated carbocycles. The Labute approximate surface area is 221 Å². The van der Waals surface area contributed by atoms with Crippen LogP contribution in [-0.4, -0.2) is 40.8 Å². The van der Waals surface area contributed by atoms with Crippen LogP contribution in [0.2, 0.25) is 5.02 Å². The second-order valence-electron chi connectivity index (χ2n) is 9.49. The molecular formula is C27H32ClN3O4S. The molecule has 0 aliphatic rings. The third-order valence-corrected chi connectivity index (χ3v) is 6.52. The minimum Gasteiger partial charge on any atom is -0.481 e. The summed E-state index contributed by atoms with van der Waals surface area (Å²) in [5.41, 5.74) is 2.45. The van der Waals surface area contributed by atoms with Crippen molar-refractivity contribution in [1.82, 2.24) is 10.2 Å². The molecule has 36 heavy (non-hydrogen) atoms. The first-order chi connectivity index (χ1) is 17.0. The van der Waals surface area contributed by atoms with Crippen LogP contribution >= 0.6 is 22.9 Å². The normalized spacial score (nSPS) is 11.3. The molecule has 1 amide bonds. The summed E-state index contributed by atoms with van der Waals surface area (Å²) >= 11 is 7.64. The summed E-state index contributed by atoms with van der Waals surface area (Å²) in [5, 5.41) is 10.3. The van der Waals surface area contributed by atoms with E-state index in [9.17, 15) is 9.59 Å². The molecule has 3 rings (SSSR count). The van der Waals surface area contributed by atoms with Gasteiger partial charge in [-0.2, -0.15) is 0 Å². The van der Waals surface area contributed by atoms with E-state index in [1.807, 2.05) is 46.8 Å². The Hall–Kier alpha value is -2.97. The maximum atomic E-state index is 13.3. The van der Waals surface area contributed by atoms with Gasteiger partial charge in [-0.25, -0.2) is 4.79 Å². The largest absolute Gasteiger partial charge is 0.481 e. The minimum atomic E-state index is -0.567. The number of hydrogen-bond acceptors (Lipinski definition) is 7. The maximum absolute atomic E-state index is 13.3. The molecule has 0 fully saturated rings. The van der Waals surface area contributed by atoms with Crippen molar-refractivity contribution in [2.75, 3.05) is 18.1 Å². The van der Waals surface area contributed by atoms with Crippen LogP contribution in [0.3, 0.4) is 0 Å². The van der Waals surface area contributed by atoms with Crippen molar-refractivity contribution in [3.05, 3.63) is 58.1 Å². The summed E-state index contributed by atoms with van der Waals surface area (Å²) in [6.07, 6.45) is 1.76. The second kappa shape index (κ2) is 11.8. The van der Waals surface area contributed by atoms with Gasteiger partial charge in [0.2, 0.25) is 5.13 Å². The lowest BCUT2D eigenvalue weighted by Crippen LogP contribution is -2.32. The lowest BCUT2D eigenvalue weighted by molar-refractivity contribution is -0.157. The zero-order chi connectivity index (χ0) is 26.5. The Morgan fingerprint density at radius 2 is 1.75 bits per heavy atom. The van der Waals surface area contributed by atoms with Crippen molar-refractivity contribution in [2.24, 2.45) is 0 Å². The van der Waals surface area contributed by atoms with Gasteiger partial charge in [-0.1, -0.05) is 48.4 Å². The number of aromatic nitrogens is 2. The maximum Gasteiger partial charge on any atom is 0.344 e. The highest BCUT2D eigenvalue weighted by Gasteiger charge is 2.24. The van der Waals surface area contributed by atoms with Gasteiger partial charge in [0.15, 0.2) is 6.61 Å². The van der Waals surface area contributed by atoms with Gasteiger partial charge in [0, 0.05) is 12.1 Å². The summed E-state index contributed by atoms with van der Waals surface area (Å²) < 4.78 is 11.1. The van der Waals surface area contributed by atoms with Crippen LogP contribution in [0.1, 0.15) is 62.0 Å². The highest BCUT2D eigenvalue weighted by molar-refractivity contribution is 7.18.